The summed E-state index contributed by atoms with van der Waals surface area (Å²) in [7, 11) is 1.62. The minimum Gasteiger partial charge on any atom is -0.370 e. The first kappa shape index (κ1) is 13.9. The van der Waals surface area contributed by atoms with Crippen molar-refractivity contribution < 1.29 is 14.3 Å². The van der Waals surface area contributed by atoms with Crippen molar-refractivity contribution >= 4 is 11.8 Å². The number of ether oxygens (including phenoxy) is 1. The van der Waals surface area contributed by atoms with Gasteiger partial charge in [-0.25, -0.2) is 0 Å². The third kappa shape index (κ3) is 10.8. The highest BCUT2D eigenvalue weighted by molar-refractivity contribution is 5.75. The van der Waals surface area contributed by atoms with Gasteiger partial charge in [-0.2, -0.15) is 0 Å². The molecule has 0 aliphatic carbocycles. The molecule has 0 aromatic rings. The Balaban J connectivity index is 3.05. The Hall–Kier alpha value is -1.14. The molecule has 2 amide bonds. The monoisotopic (exact) mass is 217 g/mol. The highest BCUT2D eigenvalue weighted by atomic mass is 16.5. The van der Waals surface area contributed by atoms with Crippen LogP contribution >= 0.6 is 0 Å². The van der Waals surface area contributed by atoms with Crippen LogP contribution in [0.4, 0.5) is 0 Å². The molecule has 4 N–H and O–H groups in total. The summed E-state index contributed by atoms with van der Waals surface area (Å²) in [6.45, 7) is 1.82. The zero-order chi connectivity index (χ0) is 11.5. The molecular formula is C9H19N3O3. The maximum atomic E-state index is 10.8. The van der Waals surface area contributed by atoms with Gasteiger partial charge in [0.2, 0.25) is 11.8 Å². The van der Waals surface area contributed by atoms with E-state index in [1.165, 1.54) is 0 Å². The molecule has 0 unspecified atom stereocenters. The summed E-state index contributed by atoms with van der Waals surface area (Å²) >= 11 is 0. The third-order valence-electron chi connectivity index (χ3n) is 1.70. The molecule has 6 nitrogen and oxygen atoms in total. The fourth-order valence-electron chi connectivity index (χ4n) is 0.941. The Morgan fingerprint density at radius 1 is 1.33 bits per heavy atom. The Morgan fingerprint density at radius 2 is 2.07 bits per heavy atom. The normalized spacial score (nSPS) is 9.93. The van der Waals surface area contributed by atoms with Gasteiger partial charge in [0.05, 0.1) is 6.61 Å². The maximum Gasteiger partial charge on any atom is 0.243 e. The van der Waals surface area contributed by atoms with E-state index in [0.29, 0.717) is 19.6 Å². The maximum absolute atomic E-state index is 10.8. The zero-order valence-corrected chi connectivity index (χ0v) is 9.04. The first-order chi connectivity index (χ1) is 7.16. The van der Waals surface area contributed by atoms with Crippen LogP contribution in [-0.2, 0) is 14.3 Å². The first-order valence-corrected chi connectivity index (χ1v) is 4.94. The van der Waals surface area contributed by atoms with Gasteiger partial charge < -0.3 is 21.1 Å². The number of rotatable bonds is 9. The quantitative estimate of drug-likeness (QED) is 0.414. The van der Waals surface area contributed by atoms with Crippen molar-refractivity contribution in [3.63, 3.8) is 0 Å². The van der Waals surface area contributed by atoms with Gasteiger partial charge >= 0.3 is 0 Å². The average Bonchev–Trinajstić information content (AvgIpc) is 2.21. The smallest absolute Gasteiger partial charge is 0.243 e. The molecule has 0 aliphatic rings. The summed E-state index contributed by atoms with van der Waals surface area (Å²) < 4.78 is 4.93. The van der Waals surface area contributed by atoms with Crippen LogP contribution in [0, 0.1) is 0 Å². The summed E-state index contributed by atoms with van der Waals surface area (Å²) in [5.74, 6) is -0.420. The van der Waals surface area contributed by atoms with Gasteiger partial charge in [-0.15, -0.1) is 0 Å². The third-order valence-corrected chi connectivity index (χ3v) is 1.70. The predicted molar refractivity (Wildman–Crippen MR) is 56.2 cm³/mol. The molecular weight excluding hydrogens is 198 g/mol. The zero-order valence-electron chi connectivity index (χ0n) is 9.04. The molecule has 0 aliphatic heterocycles. The lowest BCUT2D eigenvalue weighted by molar-refractivity contribution is -0.122. The number of primary amides is 1. The van der Waals surface area contributed by atoms with Crippen molar-refractivity contribution in [3.8, 4) is 0 Å². The topological polar surface area (TPSA) is 93.4 Å². The minimum atomic E-state index is -0.463. The summed E-state index contributed by atoms with van der Waals surface area (Å²) in [6.07, 6.45) is 1.31. The Bertz CT molecular complexity index is 197. The average molecular weight is 217 g/mol. The van der Waals surface area contributed by atoms with E-state index in [4.69, 9.17) is 10.5 Å². The van der Waals surface area contributed by atoms with E-state index < -0.39 is 5.91 Å². The molecule has 0 aromatic carbocycles. The van der Waals surface area contributed by atoms with Crippen molar-refractivity contribution in [2.45, 2.75) is 12.8 Å². The van der Waals surface area contributed by atoms with Gasteiger partial charge in [-0.3, -0.25) is 9.59 Å². The number of amides is 2. The second kappa shape index (κ2) is 9.42. The summed E-state index contributed by atoms with van der Waals surface area (Å²) in [4.78, 5) is 21.1. The summed E-state index contributed by atoms with van der Waals surface area (Å²) in [6, 6.07) is 0. The van der Waals surface area contributed by atoms with Crippen LogP contribution in [-0.4, -0.2) is 45.2 Å². The highest BCUT2D eigenvalue weighted by Crippen LogP contribution is 1.85. The molecule has 88 valence electrons. The number of nitrogens with one attached hydrogen (secondary N) is 2. The van der Waals surface area contributed by atoms with E-state index in [9.17, 15) is 9.59 Å². The molecule has 0 rings (SSSR count). The fourth-order valence-corrected chi connectivity index (χ4v) is 0.941. The Kier molecular flexibility index (Phi) is 8.70. The molecule has 0 spiro atoms. The first-order valence-electron chi connectivity index (χ1n) is 4.94. The largest absolute Gasteiger partial charge is 0.370 e. The van der Waals surface area contributed by atoms with Crippen molar-refractivity contribution in [2.24, 2.45) is 5.73 Å². The minimum absolute atomic E-state index is 0.0417. The molecule has 0 fully saturated rings. The second-order valence-corrected chi connectivity index (χ2v) is 3.05. The van der Waals surface area contributed by atoms with E-state index >= 15 is 0 Å². The molecule has 0 aromatic heterocycles. The standard InChI is InChI=1S/C9H19N3O3/c1-11-9(14)3-2-4-12-5-6-15-7-8(10)13/h12H,2-7H2,1H3,(H2,10,13)(H,11,14). The number of carbonyl (C=O) groups is 2. The molecule has 0 atom stereocenters. The summed E-state index contributed by atoms with van der Waals surface area (Å²) in [5.41, 5.74) is 4.87. The van der Waals surface area contributed by atoms with Crippen molar-refractivity contribution in [2.75, 3.05) is 33.4 Å². The van der Waals surface area contributed by atoms with Gasteiger partial charge in [-0.05, 0) is 13.0 Å². The van der Waals surface area contributed by atoms with Crippen LogP contribution in [0.15, 0.2) is 0 Å². The van der Waals surface area contributed by atoms with Crippen molar-refractivity contribution in [3.05, 3.63) is 0 Å². The molecule has 0 saturated heterocycles. The molecule has 0 radical (unpaired) electrons. The summed E-state index contributed by atoms with van der Waals surface area (Å²) in [5, 5.41) is 5.63. The van der Waals surface area contributed by atoms with Crippen molar-refractivity contribution in [1.29, 1.82) is 0 Å². The van der Waals surface area contributed by atoms with Crippen LogP contribution in [0.5, 0.6) is 0 Å². The van der Waals surface area contributed by atoms with E-state index in [-0.39, 0.29) is 12.5 Å². The van der Waals surface area contributed by atoms with E-state index in [1.807, 2.05) is 0 Å². The van der Waals surface area contributed by atoms with Gasteiger partial charge in [0.25, 0.3) is 0 Å². The molecule has 0 bridgehead atoms. The number of hydrogen-bond acceptors (Lipinski definition) is 4. The lowest BCUT2D eigenvalue weighted by atomic mass is 10.3. The van der Waals surface area contributed by atoms with Gasteiger partial charge in [-0.1, -0.05) is 0 Å². The Labute approximate surface area is 89.5 Å². The highest BCUT2D eigenvalue weighted by Gasteiger charge is 1.97. The van der Waals surface area contributed by atoms with Crippen LogP contribution in [0.1, 0.15) is 12.8 Å². The van der Waals surface area contributed by atoms with E-state index in [1.54, 1.807) is 7.05 Å². The van der Waals surface area contributed by atoms with Crippen molar-refractivity contribution in [1.82, 2.24) is 10.6 Å². The van der Waals surface area contributed by atoms with Crippen LogP contribution < -0.4 is 16.4 Å². The fraction of sp³-hybridized carbons (Fsp3) is 0.778. The molecule has 15 heavy (non-hydrogen) atoms. The predicted octanol–water partition coefficient (Wildman–Crippen LogP) is -1.40. The number of nitrogens with two attached hydrogens (primary N) is 1. The van der Waals surface area contributed by atoms with Crippen LogP contribution in [0.3, 0.4) is 0 Å². The lowest BCUT2D eigenvalue weighted by Crippen LogP contribution is -2.25. The molecule has 0 heterocycles. The molecule has 6 heteroatoms. The second-order valence-electron chi connectivity index (χ2n) is 3.05. The van der Waals surface area contributed by atoms with E-state index in [2.05, 4.69) is 10.6 Å². The van der Waals surface area contributed by atoms with E-state index in [0.717, 1.165) is 13.0 Å². The number of hydrogen-bond donors (Lipinski definition) is 3. The van der Waals surface area contributed by atoms with Gasteiger partial charge in [0.15, 0.2) is 0 Å². The lowest BCUT2D eigenvalue weighted by Gasteiger charge is -2.04. The van der Waals surface area contributed by atoms with Crippen LogP contribution in [0.2, 0.25) is 0 Å². The van der Waals surface area contributed by atoms with Gasteiger partial charge in [0, 0.05) is 20.0 Å². The van der Waals surface area contributed by atoms with Gasteiger partial charge in [0.1, 0.15) is 6.61 Å². The number of carbonyl (C=O) groups excluding carboxylic acids is 2. The molecule has 0 saturated carbocycles. The Morgan fingerprint density at radius 3 is 2.67 bits per heavy atom. The SMILES string of the molecule is CNC(=O)CCCNCCOCC(N)=O. The van der Waals surface area contributed by atoms with Crippen LogP contribution in [0.25, 0.3) is 0 Å².